The summed E-state index contributed by atoms with van der Waals surface area (Å²) in [5.41, 5.74) is 0. The maximum Gasteiger partial charge on any atom is 0.145 e. The highest BCUT2D eigenvalue weighted by Crippen LogP contribution is 2.16. The molecule has 13 heavy (non-hydrogen) atoms. The van der Waals surface area contributed by atoms with Crippen molar-refractivity contribution in [3.63, 3.8) is 0 Å². The molecule has 0 aromatic rings. The molecule has 0 N–H and O–H groups in total. The van der Waals surface area contributed by atoms with Crippen molar-refractivity contribution >= 4 is 11.6 Å². The van der Waals surface area contributed by atoms with E-state index < -0.39 is 0 Å². The molecule has 74 valence electrons. The fourth-order valence-corrected chi connectivity index (χ4v) is 1.31. The van der Waals surface area contributed by atoms with E-state index in [1.807, 2.05) is 13.8 Å². The topological polar surface area (TPSA) is 43.4 Å². The van der Waals surface area contributed by atoms with Gasteiger partial charge in [-0.2, -0.15) is 0 Å². The standard InChI is InChI=1S/C10H16O3/c1-7(2)9(11)5-10(12)8-3-4-13-6-8/h7-8H,3-6H2,1-2H3. The molecule has 0 aliphatic carbocycles. The summed E-state index contributed by atoms with van der Waals surface area (Å²) in [5.74, 6) is 0.0297. The van der Waals surface area contributed by atoms with E-state index in [4.69, 9.17) is 4.74 Å². The van der Waals surface area contributed by atoms with E-state index in [0.29, 0.717) is 13.2 Å². The molecule has 1 atom stereocenters. The molecule has 1 rings (SSSR count). The average Bonchev–Trinajstić information content (AvgIpc) is 2.55. The van der Waals surface area contributed by atoms with Crippen molar-refractivity contribution in [3.05, 3.63) is 0 Å². The molecule has 1 unspecified atom stereocenters. The second kappa shape index (κ2) is 4.51. The number of hydrogen-bond donors (Lipinski definition) is 0. The lowest BCUT2D eigenvalue weighted by Crippen LogP contribution is -2.20. The van der Waals surface area contributed by atoms with Gasteiger partial charge in [0.25, 0.3) is 0 Å². The molecule has 0 aromatic carbocycles. The Morgan fingerprint density at radius 3 is 2.62 bits per heavy atom. The quantitative estimate of drug-likeness (QED) is 0.617. The highest BCUT2D eigenvalue weighted by atomic mass is 16.5. The van der Waals surface area contributed by atoms with Crippen LogP contribution in [0.2, 0.25) is 0 Å². The van der Waals surface area contributed by atoms with Gasteiger partial charge in [0.05, 0.1) is 13.0 Å². The van der Waals surface area contributed by atoms with Crippen molar-refractivity contribution in [2.45, 2.75) is 26.7 Å². The molecule has 0 radical (unpaired) electrons. The lowest BCUT2D eigenvalue weighted by molar-refractivity contribution is -0.130. The zero-order valence-corrected chi connectivity index (χ0v) is 8.21. The highest BCUT2D eigenvalue weighted by molar-refractivity contribution is 6.00. The maximum absolute atomic E-state index is 11.5. The van der Waals surface area contributed by atoms with Crippen LogP contribution in [-0.2, 0) is 14.3 Å². The van der Waals surface area contributed by atoms with Crippen LogP contribution < -0.4 is 0 Å². The van der Waals surface area contributed by atoms with E-state index in [1.54, 1.807) is 0 Å². The summed E-state index contributed by atoms with van der Waals surface area (Å²) in [6.45, 7) is 4.80. The lowest BCUT2D eigenvalue weighted by Gasteiger charge is -2.06. The Morgan fingerprint density at radius 2 is 2.15 bits per heavy atom. The molecule has 3 heteroatoms. The first-order valence-electron chi connectivity index (χ1n) is 4.74. The van der Waals surface area contributed by atoms with Gasteiger partial charge in [-0.3, -0.25) is 9.59 Å². The summed E-state index contributed by atoms with van der Waals surface area (Å²) in [6, 6.07) is 0. The van der Waals surface area contributed by atoms with Crippen LogP contribution in [0.1, 0.15) is 26.7 Å². The second-order valence-corrected chi connectivity index (χ2v) is 3.82. The third-order valence-corrected chi connectivity index (χ3v) is 2.38. The predicted octanol–water partition coefficient (Wildman–Crippen LogP) is 1.21. The summed E-state index contributed by atoms with van der Waals surface area (Å²) < 4.78 is 5.09. The Morgan fingerprint density at radius 1 is 1.46 bits per heavy atom. The third-order valence-electron chi connectivity index (χ3n) is 2.38. The van der Waals surface area contributed by atoms with Crippen LogP contribution >= 0.6 is 0 Å². The van der Waals surface area contributed by atoms with Gasteiger partial charge in [-0.25, -0.2) is 0 Å². The monoisotopic (exact) mass is 184 g/mol. The van der Waals surface area contributed by atoms with E-state index in [0.717, 1.165) is 6.42 Å². The van der Waals surface area contributed by atoms with Gasteiger partial charge in [0.2, 0.25) is 0 Å². The molecule has 0 amide bonds. The number of ketones is 2. The number of ether oxygens (including phenoxy) is 1. The number of hydrogen-bond acceptors (Lipinski definition) is 3. The van der Waals surface area contributed by atoms with Gasteiger partial charge in [-0.05, 0) is 6.42 Å². The van der Waals surface area contributed by atoms with Crippen LogP contribution in [0.25, 0.3) is 0 Å². The van der Waals surface area contributed by atoms with Crippen LogP contribution in [0.5, 0.6) is 0 Å². The molecule has 1 saturated heterocycles. The van der Waals surface area contributed by atoms with Gasteiger partial charge >= 0.3 is 0 Å². The van der Waals surface area contributed by atoms with E-state index in [1.165, 1.54) is 0 Å². The Labute approximate surface area is 78.5 Å². The van der Waals surface area contributed by atoms with Gasteiger partial charge in [-0.15, -0.1) is 0 Å². The maximum atomic E-state index is 11.5. The normalized spacial score (nSPS) is 22.2. The van der Waals surface area contributed by atoms with Gasteiger partial charge < -0.3 is 4.74 Å². The minimum absolute atomic E-state index is 0.0253. The molecule has 0 bridgehead atoms. The minimum Gasteiger partial charge on any atom is -0.381 e. The molecule has 0 saturated carbocycles. The largest absolute Gasteiger partial charge is 0.381 e. The SMILES string of the molecule is CC(C)C(=O)CC(=O)C1CCOC1. The Hall–Kier alpha value is -0.700. The van der Waals surface area contributed by atoms with Gasteiger partial charge in [-0.1, -0.05) is 13.8 Å². The van der Waals surface area contributed by atoms with Crippen molar-refractivity contribution in [3.8, 4) is 0 Å². The lowest BCUT2D eigenvalue weighted by atomic mass is 9.95. The van der Waals surface area contributed by atoms with Gasteiger partial charge in [0, 0.05) is 18.4 Å². The summed E-state index contributed by atoms with van der Waals surface area (Å²) in [4.78, 5) is 22.7. The summed E-state index contributed by atoms with van der Waals surface area (Å²) in [7, 11) is 0. The van der Waals surface area contributed by atoms with Crippen LogP contribution in [0.4, 0.5) is 0 Å². The molecular weight excluding hydrogens is 168 g/mol. The smallest absolute Gasteiger partial charge is 0.145 e. The van der Waals surface area contributed by atoms with Crippen molar-refractivity contribution in [2.24, 2.45) is 11.8 Å². The zero-order valence-electron chi connectivity index (χ0n) is 8.21. The van der Waals surface area contributed by atoms with Crippen molar-refractivity contribution in [1.82, 2.24) is 0 Å². The van der Waals surface area contributed by atoms with E-state index in [2.05, 4.69) is 0 Å². The van der Waals surface area contributed by atoms with Crippen LogP contribution in [0, 0.1) is 11.8 Å². The number of Topliss-reactive ketones (excluding diaryl/α,β-unsaturated/α-hetero) is 2. The molecule has 1 aliphatic rings. The molecule has 0 aromatic heterocycles. The Kier molecular flexibility index (Phi) is 3.60. The third kappa shape index (κ3) is 2.92. The van der Waals surface area contributed by atoms with E-state index >= 15 is 0 Å². The number of carbonyl (C=O) groups is 2. The van der Waals surface area contributed by atoms with Crippen molar-refractivity contribution in [1.29, 1.82) is 0 Å². The van der Waals surface area contributed by atoms with E-state index in [9.17, 15) is 9.59 Å². The average molecular weight is 184 g/mol. The predicted molar refractivity (Wildman–Crippen MR) is 48.4 cm³/mol. The first-order valence-corrected chi connectivity index (χ1v) is 4.74. The number of carbonyl (C=O) groups excluding carboxylic acids is 2. The minimum atomic E-state index is -0.0359. The fourth-order valence-electron chi connectivity index (χ4n) is 1.31. The zero-order chi connectivity index (χ0) is 9.84. The first-order chi connectivity index (χ1) is 6.11. The summed E-state index contributed by atoms with van der Waals surface area (Å²) in [6.07, 6.45) is 0.871. The van der Waals surface area contributed by atoms with Crippen molar-refractivity contribution in [2.75, 3.05) is 13.2 Å². The molecule has 0 spiro atoms. The Bertz CT molecular complexity index is 202. The first kappa shape index (κ1) is 10.4. The summed E-state index contributed by atoms with van der Waals surface area (Å²) >= 11 is 0. The number of rotatable bonds is 4. The molecule has 1 aliphatic heterocycles. The van der Waals surface area contributed by atoms with E-state index in [-0.39, 0.29) is 29.8 Å². The van der Waals surface area contributed by atoms with Gasteiger partial charge in [0.1, 0.15) is 11.6 Å². The van der Waals surface area contributed by atoms with Crippen LogP contribution in [-0.4, -0.2) is 24.8 Å². The van der Waals surface area contributed by atoms with Crippen LogP contribution in [0.3, 0.4) is 0 Å². The highest BCUT2D eigenvalue weighted by Gasteiger charge is 2.25. The van der Waals surface area contributed by atoms with Crippen LogP contribution in [0.15, 0.2) is 0 Å². The summed E-state index contributed by atoms with van der Waals surface area (Å²) in [5, 5.41) is 0. The molecule has 3 nitrogen and oxygen atoms in total. The van der Waals surface area contributed by atoms with Gasteiger partial charge in [0.15, 0.2) is 0 Å². The molecule has 1 heterocycles. The second-order valence-electron chi connectivity index (χ2n) is 3.82. The molecular formula is C10H16O3. The molecule has 1 fully saturated rings. The fraction of sp³-hybridized carbons (Fsp3) is 0.800. The Balaban J connectivity index is 2.36. The van der Waals surface area contributed by atoms with Crippen molar-refractivity contribution < 1.29 is 14.3 Å².